The van der Waals surface area contributed by atoms with E-state index in [4.69, 9.17) is 17.3 Å². The van der Waals surface area contributed by atoms with Crippen LogP contribution in [0.4, 0.5) is 0 Å². The van der Waals surface area contributed by atoms with Crippen LogP contribution >= 0.6 is 11.6 Å². The van der Waals surface area contributed by atoms with Gasteiger partial charge in [0.25, 0.3) is 0 Å². The van der Waals surface area contributed by atoms with Gasteiger partial charge >= 0.3 is 0 Å². The minimum absolute atomic E-state index is 0.000695. The first-order valence-corrected chi connectivity index (χ1v) is 5.20. The second-order valence-electron chi connectivity index (χ2n) is 3.98. The molecule has 0 spiro atoms. The molecule has 0 radical (unpaired) electrons. The van der Waals surface area contributed by atoms with Crippen LogP contribution in [0, 0.1) is 5.92 Å². The molecule has 0 amide bonds. The lowest BCUT2D eigenvalue weighted by Crippen LogP contribution is -2.42. The summed E-state index contributed by atoms with van der Waals surface area (Å²) < 4.78 is 0. The van der Waals surface area contributed by atoms with Crippen LogP contribution < -0.4 is 5.73 Å². The predicted molar refractivity (Wildman–Crippen MR) is 57.1 cm³/mol. The Labute approximate surface area is 88.7 Å². The summed E-state index contributed by atoms with van der Waals surface area (Å²) >= 11 is 5.80. The molecule has 0 heterocycles. The van der Waals surface area contributed by atoms with Crippen molar-refractivity contribution in [2.45, 2.75) is 18.4 Å². The summed E-state index contributed by atoms with van der Waals surface area (Å²) in [4.78, 5) is 0. The fraction of sp³-hybridized carbons (Fsp3) is 0.455. The number of aliphatic hydroxyl groups is 1. The van der Waals surface area contributed by atoms with Gasteiger partial charge in [0, 0.05) is 5.02 Å². The van der Waals surface area contributed by atoms with Crippen LogP contribution in [0.1, 0.15) is 18.4 Å². The van der Waals surface area contributed by atoms with Crippen LogP contribution in [-0.4, -0.2) is 11.7 Å². The van der Waals surface area contributed by atoms with Crippen molar-refractivity contribution in [3.05, 3.63) is 34.9 Å². The number of halogens is 1. The van der Waals surface area contributed by atoms with E-state index < -0.39 is 5.54 Å². The summed E-state index contributed by atoms with van der Waals surface area (Å²) in [6.45, 7) is -0.000695. The lowest BCUT2D eigenvalue weighted by molar-refractivity contribution is 0.177. The number of hydrogen-bond donors (Lipinski definition) is 2. The normalized spacial score (nSPS) is 20.5. The molecule has 3 N–H and O–H groups in total. The quantitative estimate of drug-likeness (QED) is 0.802. The molecule has 0 bridgehead atoms. The molecule has 1 fully saturated rings. The number of benzene rings is 1. The maximum Gasteiger partial charge on any atom is 0.0672 e. The fourth-order valence-corrected chi connectivity index (χ4v) is 1.94. The van der Waals surface area contributed by atoms with Gasteiger partial charge in [0.15, 0.2) is 0 Å². The van der Waals surface area contributed by atoms with E-state index in [-0.39, 0.29) is 6.61 Å². The van der Waals surface area contributed by atoms with Crippen molar-refractivity contribution in [1.82, 2.24) is 0 Å². The van der Waals surface area contributed by atoms with Gasteiger partial charge in [0.05, 0.1) is 12.1 Å². The smallest absolute Gasteiger partial charge is 0.0672 e. The van der Waals surface area contributed by atoms with Crippen LogP contribution in [0.3, 0.4) is 0 Å². The number of nitrogens with two attached hydrogens (primary N) is 1. The Kier molecular flexibility index (Phi) is 2.52. The largest absolute Gasteiger partial charge is 0.394 e. The van der Waals surface area contributed by atoms with Gasteiger partial charge in [-0.3, -0.25) is 0 Å². The molecule has 3 heteroatoms. The van der Waals surface area contributed by atoms with Gasteiger partial charge < -0.3 is 10.8 Å². The van der Waals surface area contributed by atoms with Crippen LogP contribution in [-0.2, 0) is 5.54 Å². The highest BCUT2D eigenvalue weighted by molar-refractivity contribution is 6.30. The molecule has 1 saturated carbocycles. The Morgan fingerprint density at radius 2 is 1.93 bits per heavy atom. The summed E-state index contributed by atoms with van der Waals surface area (Å²) in [7, 11) is 0. The van der Waals surface area contributed by atoms with Crippen LogP contribution in [0.5, 0.6) is 0 Å². The maximum absolute atomic E-state index is 9.36. The van der Waals surface area contributed by atoms with Gasteiger partial charge in [-0.25, -0.2) is 0 Å². The minimum Gasteiger partial charge on any atom is -0.394 e. The van der Waals surface area contributed by atoms with Crippen molar-refractivity contribution >= 4 is 11.6 Å². The van der Waals surface area contributed by atoms with Gasteiger partial charge in [-0.2, -0.15) is 0 Å². The minimum atomic E-state index is -0.565. The molecule has 1 aromatic carbocycles. The van der Waals surface area contributed by atoms with E-state index in [0.29, 0.717) is 10.9 Å². The van der Waals surface area contributed by atoms with Gasteiger partial charge in [0.2, 0.25) is 0 Å². The number of hydrogen-bond acceptors (Lipinski definition) is 2. The first-order valence-electron chi connectivity index (χ1n) is 4.82. The first-order chi connectivity index (χ1) is 6.66. The summed E-state index contributed by atoms with van der Waals surface area (Å²) in [6.07, 6.45) is 2.22. The molecule has 1 atom stereocenters. The number of aliphatic hydroxyl groups excluding tert-OH is 1. The van der Waals surface area contributed by atoms with E-state index in [0.717, 1.165) is 18.4 Å². The fourth-order valence-electron chi connectivity index (χ4n) is 1.81. The Morgan fingerprint density at radius 3 is 2.36 bits per heavy atom. The number of rotatable bonds is 3. The van der Waals surface area contributed by atoms with E-state index in [1.165, 1.54) is 0 Å². The highest BCUT2D eigenvalue weighted by Gasteiger charge is 2.42. The van der Waals surface area contributed by atoms with Crippen molar-refractivity contribution in [1.29, 1.82) is 0 Å². The van der Waals surface area contributed by atoms with Crippen molar-refractivity contribution in [3.8, 4) is 0 Å². The van der Waals surface area contributed by atoms with Crippen molar-refractivity contribution in [2.75, 3.05) is 6.61 Å². The van der Waals surface area contributed by atoms with E-state index in [1.54, 1.807) is 0 Å². The third-order valence-electron chi connectivity index (χ3n) is 2.95. The summed E-state index contributed by atoms with van der Waals surface area (Å²) in [5.41, 5.74) is 6.59. The zero-order chi connectivity index (χ0) is 10.2. The lowest BCUT2D eigenvalue weighted by atomic mass is 9.87. The van der Waals surface area contributed by atoms with Crippen molar-refractivity contribution < 1.29 is 5.11 Å². The molecule has 1 aliphatic rings. The van der Waals surface area contributed by atoms with Gasteiger partial charge in [0.1, 0.15) is 0 Å². The molecule has 1 aliphatic carbocycles. The highest BCUT2D eigenvalue weighted by Crippen LogP contribution is 2.43. The van der Waals surface area contributed by atoms with Crippen LogP contribution in [0.25, 0.3) is 0 Å². The molecule has 1 unspecified atom stereocenters. The Morgan fingerprint density at radius 1 is 1.36 bits per heavy atom. The van der Waals surface area contributed by atoms with E-state index >= 15 is 0 Å². The lowest BCUT2D eigenvalue weighted by Gasteiger charge is -2.27. The van der Waals surface area contributed by atoms with Crippen molar-refractivity contribution in [3.63, 3.8) is 0 Å². The molecule has 2 nitrogen and oxygen atoms in total. The van der Waals surface area contributed by atoms with E-state index in [9.17, 15) is 5.11 Å². The van der Waals surface area contributed by atoms with E-state index in [2.05, 4.69) is 0 Å². The summed E-state index contributed by atoms with van der Waals surface area (Å²) in [5, 5.41) is 10.1. The summed E-state index contributed by atoms with van der Waals surface area (Å²) in [6, 6.07) is 7.43. The first kappa shape index (κ1) is 9.97. The molecule has 1 aromatic rings. The summed E-state index contributed by atoms with van der Waals surface area (Å²) in [5.74, 6) is 0.425. The van der Waals surface area contributed by atoms with Crippen LogP contribution in [0.2, 0.25) is 5.02 Å². The SMILES string of the molecule is NC(CO)(c1ccc(Cl)cc1)C1CC1. The van der Waals surface area contributed by atoms with E-state index in [1.807, 2.05) is 24.3 Å². The molecule has 0 aliphatic heterocycles. The van der Waals surface area contributed by atoms with Crippen molar-refractivity contribution in [2.24, 2.45) is 11.7 Å². The highest BCUT2D eigenvalue weighted by atomic mass is 35.5. The third kappa shape index (κ3) is 1.65. The molecular formula is C11H14ClNO. The average molecular weight is 212 g/mol. The Balaban J connectivity index is 2.31. The molecule has 0 aromatic heterocycles. The monoisotopic (exact) mass is 211 g/mol. The van der Waals surface area contributed by atoms with Gasteiger partial charge in [-0.05, 0) is 36.5 Å². The molecule has 14 heavy (non-hydrogen) atoms. The Hall–Kier alpha value is -0.570. The standard InChI is InChI=1S/C11H14ClNO/c12-10-5-3-9(4-6-10)11(13,7-14)8-1-2-8/h3-6,8,14H,1-2,7,13H2. The Bertz CT molecular complexity index is 321. The maximum atomic E-state index is 9.36. The zero-order valence-electron chi connectivity index (χ0n) is 7.91. The molecule has 76 valence electrons. The average Bonchev–Trinajstić information content (AvgIpc) is 3.01. The molecular weight excluding hydrogens is 198 g/mol. The third-order valence-corrected chi connectivity index (χ3v) is 3.20. The molecule has 0 saturated heterocycles. The molecule has 2 rings (SSSR count). The second kappa shape index (κ2) is 3.54. The van der Waals surface area contributed by atoms with Gasteiger partial charge in [-0.1, -0.05) is 23.7 Å². The topological polar surface area (TPSA) is 46.2 Å². The predicted octanol–water partition coefficient (Wildman–Crippen LogP) is 1.90. The van der Waals surface area contributed by atoms with Gasteiger partial charge in [-0.15, -0.1) is 0 Å². The second-order valence-corrected chi connectivity index (χ2v) is 4.42. The van der Waals surface area contributed by atoms with Crippen LogP contribution in [0.15, 0.2) is 24.3 Å². The zero-order valence-corrected chi connectivity index (χ0v) is 8.67.